The van der Waals surface area contributed by atoms with Crippen molar-refractivity contribution in [1.82, 2.24) is 4.90 Å². The lowest BCUT2D eigenvalue weighted by Gasteiger charge is -2.18. The van der Waals surface area contributed by atoms with Crippen molar-refractivity contribution >= 4 is 17.7 Å². The maximum atomic E-state index is 11.8. The molecular formula is C14H21NO2S. The third-order valence-electron chi connectivity index (χ3n) is 2.54. The van der Waals surface area contributed by atoms with Crippen molar-refractivity contribution in [3.63, 3.8) is 0 Å². The van der Waals surface area contributed by atoms with Crippen LogP contribution < -0.4 is 0 Å². The van der Waals surface area contributed by atoms with Gasteiger partial charge in [-0.1, -0.05) is 12.1 Å². The van der Waals surface area contributed by atoms with E-state index >= 15 is 0 Å². The second-order valence-corrected chi connectivity index (χ2v) is 5.34. The zero-order chi connectivity index (χ0) is 13.5. The topological polar surface area (TPSA) is 29.5 Å². The number of carbonyl (C=O) groups is 1. The molecule has 0 radical (unpaired) electrons. The molecule has 3 nitrogen and oxygen atoms in total. The highest BCUT2D eigenvalue weighted by Crippen LogP contribution is 2.15. The lowest BCUT2D eigenvalue weighted by atomic mass is 10.2. The van der Waals surface area contributed by atoms with Gasteiger partial charge in [-0.25, -0.2) is 0 Å². The Labute approximate surface area is 114 Å². The van der Waals surface area contributed by atoms with Crippen molar-refractivity contribution < 1.29 is 9.53 Å². The first-order chi connectivity index (χ1) is 8.52. The van der Waals surface area contributed by atoms with Gasteiger partial charge in [0.2, 0.25) is 5.91 Å². The van der Waals surface area contributed by atoms with Gasteiger partial charge >= 0.3 is 0 Å². The Morgan fingerprint density at radius 3 is 2.44 bits per heavy atom. The molecule has 0 bridgehead atoms. The van der Waals surface area contributed by atoms with E-state index in [0.29, 0.717) is 6.54 Å². The second kappa shape index (κ2) is 7.44. The van der Waals surface area contributed by atoms with Crippen LogP contribution in [0.4, 0.5) is 0 Å². The van der Waals surface area contributed by atoms with Gasteiger partial charge in [0.25, 0.3) is 0 Å². The minimum atomic E-state index is 0.0117. The Balaban J connectivity index is 2.47. The van der Waals surface area contributed by atoms with Gasteiger partial charge in [0.1, 0.15) is 6.61 Å². The van der Waals surface area contributed by atoms with Gasteiger partial charge in [0.05, 0.1) is 6.10 Å². The van der Waals surface area contributed by atoms with E-state index in [0.717, 1.165) is 5.56 Å². The van der Waals surface area contributed by atoms with Crippen LogP contribution in [0, 0.1) is 0 Å². The van der Waals surface area contributed by atoms with E-state index in [4.69, 9.17) is 4.74 Å². The van der Waals surface area contributed by atoms with Gasteiger partial charge in [-0.2, -0.15) is 0 Å². The van der Waals surface area contributed by atoms with E-state index in [-0.39, 0.29) is 18.6 Å². The molecule has 0 aliphatic rings. The molecule has 0 aliphatic carbocycles. The van der Waals surface area contributed by atoms with Crippen molar-refractivity contribution in [1.29, 1.82) is 0 Å². The highest BCUT2D eigenvalue weighted by Gasteiger charge is 2.10. The summed E-state index contributed by atoms with van der Waals surface area (Å²) in [4.78, 5) is 14.7. The highest BCUT2D eigenvalue weighted by atomic mass is 32.2. The SMILES string of the molecule is CSc1ccc(CN(C)C(=O)COC(C)C)cc1. The first kappa shape index (κ1) is 15.1. The fraction of sp³-hybridized carbons (Fsp3) is 0.500. The molecule has 1 aromatic carbocycles. The van der Waals surface area contributed by atoms with Gasteiger partial charge in [-0.05, 0) is 37.8 Å². The molecule has 0 heterocycles. The van der Waals surface area contributed by atoms with Gasteiger partial charge in [-0.15, -0.1) is 11.8 Å². The molecule has 1 rings (SSSR count). The number of hydrogen-bond acceptors (Lipinski definition) is 3. The van der Waals surface area contributed by atoms with Gasteiger partial charge < -0.3 is 9.64 Å². The summed E-state index contributed by atoms with van der Waals surface area (Å²) in [5.74, 6) is 0.0117. The van der Waals surface area contributed by atoms with E-state index in [9.17, 15) is 4.79 Å². The number of nitrogens with zero attached hydrogens (tertiary/aromatic N) is 1. The maximum Gasteiger partial charge on any atom is 0.248 e. The van der Waals surface area contributed by atoms with Crippen LogP contribution in [0.25, 0.3) is 0 Å². The molecule has 0 saturated heterocycles. The van der Waals surface area contributed by atoms with Crippen LogP contribution in [-0.2, 0) is 16.1 Å². The van der Waals surface area contributed by atoms with Gasteiger partial charge in [0, 0.05) is 18.5 Å². The molecule has 1 amide bonds. The second-order valence-electron chi connectivity index (χ2n) is 4.46. The monoisotopic (exact) mass is 267 g/mol. The predicted molar refractivity (Wildman–Crippen MR) is 75.8 cm³/mol. The van der Waals surface area contributed by atoms with Crippen LogP contribution in [0.1, 0.15) is 19.4 Å². The first-order valence-corrected chi connectivity index (χ1v) is 7.24. The third kappa shape index (κ3) is 5.10. The summed E-state index contributed by atoms with van der Waals surface area (Å²) in [5, 5.41) is 0. The molecule has 18 heavy (non-hydrogen) atoms. The Bertz CT molecular complexity index is 376. The van der Waals surface area contributed by atoms with Crippen LogP contribution >= 0.6 is 11.8 Å². The predicted octanol–water partition coefficient (Wildman–Crippen LogP) is 2.79. The first-order valence-electron chi connectivity index (χ1n) is 6.01. The maximum absolute atomic E-state index is 11.8. The fourth-order valence-corrected chi connectivity index (χ4v) is 1.85. The molecule has 0 saturated carbocycles. The Morgan fingerprint density at radius 1 is 1.33 bits per heavy atom. The summed E-state index contributed by atoms with van der Waals surface area (Å²) in [5.41, 5.74) is 1.13. The standard InChI is InChI=1S/C14H21NO2S/c1-11(2)17-10-14(16)15(3)9-12-5-7-13(18-4)8-6-12/h5-8,11H,9-10H2,1-4H3. The van der Waals surface area contributed by atoms with Crippen molar-refractivity contribution in [2.24, 2.45) is 0 Å². The highest BCUT2D eigenvalue weighted by molar-refractivity contribution is 7.98. The van der Waals surface area contributed by atoms with Crippen LogP contribution in [0.5, 0.6) is 0 Å². The largest absolute Gasteiger partial charge is 0.369 e. The number of thioether (sulfide) groups is 1. The van der Waals surface area contributed by atoms with Crippen LogP contribution in [0.3, 0.4) is 0 Å². The summed E-state index contributed by atoms with van der Waals surface area (Å²) in [6.45, 7) is 4.62. The zero-order valence-corrected chi connectivity index (χ0v) is 12.3. The Kier molecular flexibility index (Phi) is 6.22. The minimum absolute atomic E-state index is 0.0117. The molecule has 0 aromatic heterocycles. The Hall–Kier alpha value is -1.00. The zero-order valence-electron chi connectivity index (χ0n) is 11.5. The van der Waals surface area contributed by atoms with Crippen molar-refractivity contribution in [2.75, 3.05) is 19.9 Å². The summed E-state index contributed by atoms with van der Waals surface area (Å²) in [6, 6.07) is 8.25. The van der Waals surface area contributed by atoms with E-state index in [1.165, 1.54) is 4.90 Å². The van der Waals surface area contributed by atoms with Crippen molar-refractivity contribution in [3.05, 3.63) is 29.8 Å². The summed E-state index contributed by atoms with van der Waals surface area (Å²) in [6.07, 6.45) is 2.14. The number of amides is 1. The molecule has 0 N–H and O–H groups in total. The smallest absolute Gasteiger partial charge is 0.248 e. The van der Waals surface area contributed by atoms with Crippen LogP contribution in [-0.4, -0.2) is 36.8 Å². The third-order valence-corrected chi connectivity index (χ3v) is 3.29. The van der Waals surface area contributed by atoms with E-state index < -0.39 is 0 Å². The molecule has 0 spiro atoms. The molecule has 0 fully saturated rings. The summed E-state index contributed by atoms with van der Waals surface area (Å²) < 4.78 is 5.30. The van der Waals surface area contributed by atoms with Crippen molar-refractivity contribution in [2.45, 2.75) is 31.4 Å². The lowest BCUT2D eigenvalue weighted by Crippen LogP contribution is -2.30. The van der Waals surface area contributed by atoms with E-state index in [2.05, 4.69) is 24.3 Å². The van der Waals surface area contributed by atoms with Gasteiger partial charge in [-0.3, -0.25) is 4.79 Å². The Morgan fingerprint density at radius 2 is 1.94 bits per heavy atom. The van der Waals surface area contributed by atoms with Crippen LogP contribution in [0.15, 0.2) is 29.2 Å². The average Bonchev–Trinajstić information content (AvgIpc) is 2.36. The van der Waals surface area contributed by atoms with Gasteiger partial charge in [0.15, 0.2) is 0 Å². The number of hydrogen-bond donors (Lipinski definition) is 0. The summed E-state index contributed by atoms with van der Waals surface area (Å²) in [7, 11) is 1.80. The number of ether oxygens (including phenoxy) is 1. The normalized spacial score (nSPS) is 10.7. The van der Waals surface area contributed by atoms with Crippen LogP contribution in [0.2, 0.25) is 0 Å². The molecule has 4 heteroatoms. The molecule has 0 aliphatic heterocycles. The average molecular weight is 267 g/mol. The molecular weight excluding hydrogens is 246 g/mol. The summed E-state index contributed by atoms with van der Waals surface area (Å²) >= 11 is 1.71. The van der Waals surface area contributed by atoms with E-state index in [1.54, 1.807) is 23.7 Å². The number of carbonyl (C=O) groups excluding carboxylic acids is 1. The number of rotatable bonds is 6. The molecule has 100 valence electrons. The molecule has 0 unspecified atom stereocenters. The van der Waals surface area contributed by atoms with Crippen molar-refractivity contribution in [3.8, 4) is 0 Å². The molecule has 0 atom stereocenters. The minimum Gasteiger partial charge on any atom is -0.369 e. The fourth-order valence-electron chi connectivity index (χ4n) is 1.44. The number of benzene rings is 1. The number of likely N-dealkylation sites (N-methyl/N-ethyl adjacent to an activating group) is 1. The molecule has 1 aromatic rings. The lowest BCUT2D eigenvalue weighted by molar-refractivity contribution is -0.136. The quantitative estimate of drug-likeness (QED) is 0.742. The van der Waals surface area contributed by atoms with E-state index in [1.807, 2.05) is 20.1 Å².